The van der Waals surface area contributed by atoms with Crippen LogP contribution in [0.25, 0.3) is 11.1 Å². The summed E-state index contributed by atoms with van der Waals surface area (Å²) in [6, 6.07) is 16.9. The summed E-state index contributed by atoms with van der Waals surface area (Å²) in [5.74, 6) is 0.762. The molecule has 2 aromatic carbocycles. The predicted octanol–water partition coefficient (Wildman–Crippen LogP) is 4.42. The fourth-order valence-corrected chi connectivity index (χ4v) is 3.58. The van der Waals surface area contributed by atoms with E-state index in [-0.39, 0.29) is 0 Å². The van der Waals surface area contributed by atoms with Crippen molar-refractivity contribution in [3.05, 3.63) is 76.0 Å². The number of thiophene rings is 1. The lowest BCUT2D eigenvalue weighted by molar-refractivity contribution is -0.0425. The Morgan fingerprint density at radius 3 is 2.42 bits per heavy atom. The van der Waals surface area contributed by atoms with E-state index < -0.39 is 12.4 Å². The maximum Gasteiger partial charge on any atom is 0.178 e. The average Bonchev–Trinajstić information content (AvgIpc) is 3.16. The molecule has 0 saturated carbocycles. The summed E-state index contributed by atoms with van der Waals surface area (Å²) in [4.78, 5) is 0.972. The molecule has 0 aliphatic carbocycles. The Morgan fingerprint density at radius 1 is 0.962 bits per heavy atom. The van der Waals surface area contributed by atoms with Crippen LogP contribution in [0.1, 0.15) is 41.7 Å². The number of rotatable bonds is 7. The fraction of sp³-hybridized carbons (Fsp3) is 0.238. The molecule has 0 bridgehead atoms. The van der Waals surface area contributed by atoms with E-state index in [4.69, 9.17) is 14.9 Å². The molecule has 0 aliphatic rings. The third kappa shape index (κ3) is 4.51. The zero-order valence-corrected chi connectivity index (χ0v) is 15.3. The largest absolute Gasteiger partial charge is 0.489 e. The van der Waals surface area contributed by atoms with Crippen LogP contribution in [-0.4, -0.2) is 15.3 Å². The van der Waals surface area contributed by atoms with Gasteiger partial charge in [0, 0.05) is 10.4 Å². The van der Waals surface area contributed by atoms with Crippen molar-refractivity contribution in [2.24, 2.45) is 0 Å². The van der Waals surface area contributed by atoms with E-state index in [1.54, 1.807) is 23.5 Å². The minimum absolute atomic E-state index is 0.398. The molecule has 1 atom stereocenters. The highest BCUT2D eigenvalue weighted by Crippen LogP contribution is 2.32. The monoisotopic (exact) mass is 370 g/mol. The van der Waals surface area contributed by atoms with Crippen LogP contribution in [0.4, 0.5) is 0 Å². The van der Waals surface area contributed by atoms with Gasteiger partial charge >= 0.3 is 0 Å². The number of aliphatic hydroxyl groups excluding tert-OH is 2. The number of hydrogen-bond acceptors (Lipinski definition) is 5. The van der Waals surface area contributed by atoms with Crippen LogP contribution in [0.2, 0.25) is 0 Å². The molecule has 26 heavy (non-hydrogen) atoms. The standard InChI is InChI=1S/C21H22O4S/c1-2-19(22)20-11-17(13-26-20)16-4-3-5-18(10-16)25-12-14-6-8-15(9-7-14)21(23)24/h3-11,13,19,21-24H,2,12H2,1H3. The first kappa shape index (κ1) is 18.6. The Bertz CT molecular complexity index is 839. The van der Waals surface area contributed by atoms with Gasteiger partial charge in [-0.2, -0.15) is 0 Å². The first-order valence-electron chi connectivity index (χ1n) is 8.51. The smallest absolute Gasteiger partial charge is 0.178 e. The van der Waals surface area contributed by atoms with Crippen LogP contribution in [0.3, 0.4) is 0 Å². The Kier molecular flexibility index (Phi) is 6.06. The lowest BCUT2D eigenvalue weighted by Gasteiger charge is -2.09. The molecule has 3 rings (SSSR count). The third-order valence-corrected chi connectivity index (χ3v) is 5.22. The van der Waals surface area contributed by atoms with Crippen LogP contribution in [0.15, 0.2) is 60.0 Å². The Hall–Kier alpha value is -2.18. The van der Waals surface area contributed by atoms with E-state index in [2.05, 4.69) is 0 Å². The second-order valence-corrected chi connectivity index (χ2v) is 7.04. The molecular weight excluding hydrogens is 348 g/mol. The molecule has 3 N–H and O–H groups in total. The maximum absolute atomic E-state index is 9.96. The van der Waals surface area contributed by atoms with Gasteiger partial charge in [-0.3, -0.25) is 0 Å². The Labute approximate surface area is 157 Å². The molecule has 0 radical (unpaired) electrons. The van der Waals surface area contributed by atoms with Crippen molar-refractivity contribution in [1.29, 1.82) is 0 Å². The van der Waals surface area contributed by atoms with Gasteiger partial charge in [0.2, 0.25) is 0 Å². The van der Waals surface area contributed by atoms with Crippen molar-refractivity contribution in [2.45, 2.75) is 32.3 Å². The lowest BCUT2D eigenvalue weighted by Crippen LogP contribution is -1.98. The summed E-state index contributed by atoms with van der Waals surface area (Å²) < 4.78 is 5.86. The van der Waals surface area contributed by atoms with Gasteiger partial charge in [-0.05, 0) is 46.7 Å². The lowest BCUT2D eigenvalue weighted by atomic mass is 10.1. The second-order valence-electron chi connectivity index (χ2n) is 6.09. The highest BCUT2D eigenvalue weighted by Gasteiger charge is 2.10. The van der Waals surface area contributed by atoms with Crippen molar-refractivity contribution in [2.75, 3.05) is 0 Å². The average molecular weight is 370 g/mol. The molecule has 0 amide bonds. The molecule has 3 aromatic rings. The maximum atomic E-state index is 9.96. The fourth-order valence-electron chi connectivity index (χ4n) is 2.60. The van der Waals surface area contributed by atoms with Gasteiger partial charge in [-0.1, -0.05) is 43.3 Å². The summed E-state index contributed by atoms with van der Waals surface area (Å²) >= 11 is 1.57. The molecule has 1 unspecified atom stereocenters. The van der Waals surface area contributed by atoms with Gasteiger partial charge in [0.05, 0.1) is 6.10 Å². The first-order chi connectivity index (χ1) is 12.6. The molecule has 0 saturated heterocycles. The molecule has 1 aromatic heterocycles. The molecular formula is C21H22O4S. The van der Waals surface area contributed by atoms with Gasteiger partial charge in [-0.15, -0.1) is 11.3 Å². The number of hydrogen-bond donors (Lipinski definition) is 3. The van der Waals surface area contributed by atoms with E-state index in [0.717, 1.165) is 27.3 Å². The van der Waals surface area contributed by atoms with Crippen molar-refractivity contribution in [3.63, 3.8) is 0 Å². The molecule has 0 aliphatic heterocycles. The van der Waals surface area contributed by atoms with Gasteiger partial charge in [-0.25, -0.2) is 0 Å². The second kappa shape index (κ2) is 8.47. The summed E-state index contributed by atoms with van der Waals surface area (Å²) in [5.41, 5.74) is 3.53. The first-order valence-corrected chi connectivity index (χ1v) is 9.39. The van der Waals surface area contributed by atoms with Crippen LogP contribution < -0.4 is 4.74 Å². The topological polar surface area (TPSA) is 69.9 Å². The predicted molar refractivity (Wildman–Crippen MR) is 103 cm³/mol. The minimum Gasteiger partial charge on any atom is -0.489 e. The molecule has 4 nitrogen and oxygen atoms in total. The van der Waals surface area contributed by atoms with Crippen molar-refractivity contribution >= 4 is 11.3 Å². The summed E-state index contributed by atoms with van der Waals surface area (Å²) in [5, 5.41) is 30.3. The van der Waals surface area contributed by atoms with E-state index in [1.807, 2.05) is 54.8 Å². The van der Waals surface area contributed by atoms with Gasteiger partial charge in [0.1, 0.15) is 12.4 Å². The third-order valence-electron chi connectivity index (χ3n) is 4.19. The van der Waals surface area contributed by atoms with E-state index in [1.165, 1.54) is 0 Å². The number of benzene rings is 2. The highest BCUT2D eigenvalue weighted by molar-refractivity contribution is 7.10. The van der Waals surface area contributed by atoms with Crippen molar-refractivity contribution < 1.29 is 20.1 Å². The summed E-state index contributed by atoms with van der Waals surface area (Å²) in [6.07, 6.45) is -1.16. The zero-order chi connectivity index (χ0) is 18.5. The van der Waals surface area contributed by atoms with Gasteiger partial charge < -0.3 is 20.1 Å². The van der Waals surface area contributed by atoms with Crippen LogP contribution in [-0.2, 0) is 6.61 Å². The Balaban J connectivity index is 1.68. The normalized spacial score (nSPS) is 12.3. The molecule has 1 heterocycles. The van der Waals surface area contributed by atoms with Crippen LogP contribution >= 0.6 is 11.3 Å². The summed E-state index contributed by atoms with van der Waals surface area (Å²) in [6.45, 7) is 2.36. The zero-order valence-electron chi connectivity index (χ0n) is 14.5. The van der Waals surface area contributed by atoms with Gasteiger partial charge in [0.25, 0.3) is 0 Å². The molecule has 136 valence electrons. The molecule has 0 spiro atoms. The quantitative estimate of drug-likeness (QED) is 0.539. The molecule has 0 fully saturated rings. The van der Waals surface area contributed by atoms with Crippen molar-refractivity contribution in [1.82, 2.24) is 0 Å². The molecule has 5 heteroatoms. The Morgan fingerprint density at radius 2 is 1.73 bits per heavy atom. The number of ether oxygens (including phenoxy) is 1. The van der Waals surface area contributed by atoms with Crippen LogP contribution in [0.5, 0.6) is 5.75 Å². The highest BCUT2D eigenvalue weighted by atomic mass is 32.1. The summed E-state index contributed by atoms with van der Waals surface area (Å²) in [7, 11) is 0. The number of aliphatic hydroxyl groups is 3. The van der Waals surface area contributed by atoms with Gasteiger partial charge in [0.15, 0.2) is 6.29 Å². The van der Waals surface area contributed by atoms with E-state index in [9.17, 15) is 5.11 Å². The SMILES string of the molecule is CCC(O)c1cc(-c2cccc(OCc3ccc(C(O)O)cc3)c2)cs1. The van der Waals surface area contributed by atoms with E-state index in [0.29, 0.717) is 18.6 Å². The van der Waals surface area contributed by atoms with E-state index >= 15 is 0 Å². The minimum atomic E-state index is -1.46. The van der Waals surface area contributed by atoms with Crippen LogP contribution in [0, 0.1) is 0 Å². The van der Waals surface area contributed by atoms with Crippen molar-refractivity contribution in [3.8, 4) is 16.9 Å².